The zero-order valence-corrected chi connectivity index (χ0v) is 9.42. The minimum absolute atomic E-state index is 0.167. The van der Waals surface area contributed by atoms with Crippen molar-refractivity contribution in [1.82, 2.24) is 15.2 Å². The highest BCUT2D eigenvalue weighted by Crippen LogP contribution is 2.20. The van der Waals surface area contributed by atoms with E-state index in [0.29, 0.717) is 11.3 Å². The van der Waals surface area contributed by atoms with Gasteiger partial charge in [-0.15, -0.1) is 0 Å². The number of hydrogen-bond acceptors (Lipinski definition) is 3. The Kier molecular flexibility index (Phi) is 2.49. The Bertz CT molecular complexity index is 690. The van der Waals surface area contributed by atoms with E-state index in [1.165, 1.54) is 0 Å². The van der Waals surface area contributed by atoms with Gasteiger partial charge in [0, 0.05) is 23.3 Å². The second-order valence-electron chi connectivity index (χ2n) is 3.83. The average molecular weight is 238 g/mol. The normalized spacial score (nSPS) is 10.4. The largest absolute Gasteiger partial charge is 0.320 e. The average Bonchev–Trinajstić information content (AvgIpc) is 2.89. The van der Waals surface area contributed by atoms with Crippen LogP contribution in [0.1, 0.15) is 10.4 Å². The number of carbonyl (C=O) groups excluding carboxylic acids is 1. The first-order valence-electron chi connectivity index (χ1n) is 5.48. The smallest absolute Gasteiger partial charge is 0.255 e. The Morgan fingerprint density at radius 2 is 2.00 bits per heavy atom. The molecule has 0 bridgehead atoms. The van der Waals surface area contributed by atoms with Gasteiger partial charge in [-0.05, 0) is 18.2 Å². The van der Waals surface area contributed by atoms with Crippen LogP contribution in [0.5, 0.6) is 0 Å². The highest BCUT2D eigenvalue weighted by atomic mass is 16.1. The van der Waals surface area contributed by atoms with E-state index in [1.807, 2.05) is 18.2 Å². The highest BCUT2D eigenvalue weighted by molar-refractivity contribution is 6.08. The lowest BCUT2D eigenvalue weighted by Crippen LogP contribution is -2.12. The fourth-order valence-corrected chi connectivity index (χ4v) is 1.77. The predicted molar refractivity (Wildman–Crippen MR) is 68.3 cm³/mol. The number of fused-ring (bicyclic) bond motifs is 1. The third-order valence-electron chi connectivity index (χ3n) is 2.67. The van der Waals surface area contributed by atoms with Crippen molar-refractivity contribution in [3.8, 4) is 0 Å². The minimum Gasteiger partial charge on any atom is -0.320 e. The molecule has 0 aliphatic carbocycles. The molecular formula is C13H10N4O. The first-order chi connectivity index (χ1) is 8.84. The van der Waals surface area contributed by atoms with Gasteiger partial charge in [-0.2, -0.15) is 5.10 Å². The Balaban J connectivity index is 1.93. The SMILES string of the molecule is O=C(Nc1cccc2cn[nH]c12)c1ccncc1. The summed E-state index contributed by atoms with van der Waals surface area (Å²) in [5, 5.41) is 10.6. The number of para-hydroxylation sites is 1. The maximum Gasteiger partial charge on any atom is 0.255 e. The van der Waals surface area contributed by atoms with Crippen LogP contribution in [-0.4, -0.2) is 21.1 Å². The molecule has 5 nitrogen and oxygen atoms in total. The lowest BCUT2D eigenvalue weighted by atomic mass is 10.2. The monoisotopic (exact) mass is 238 g/mol. The molecule has 3 rings (SSSR count). The molecule has 1 aromatic carbocycles. The van der Waals surface area contributed by atoms with Crippen molar-refractivity contribution in [2.45, 2.75) is 0 Å². The predicted octanol–water partition coefficient (Wildman–Crippen LogP) is 2.21. The van der Waals surface area contributed by atoms with Gasteiger partial charge in [-0.25, -0.2) is 0 Å². The van der Waals surface area contributed by atoms with Crippen molar-refractivity contribution >= 4 is 22.5 Å². The Labute approximate surface area is 103 Å². The summed E-state index contributed by atoms with van der Waals surface area (Å²) in [5.74, 6) is -0.167. The molecule has 0 aliphatic heterocycles. The molecule has 0 saturated heterocycles. The summed E-state index contributed by atoms with van der Waals surface area (Å²) >= 11 is 0. The summed E-state index contributed by atoms with van der Waals surface area (Å²) in [6, 6.07) is 8.98. The molecule has 0 saturated carbocycles. The summed E-state index contributed by atoms with van der Waals surface area (Å²) in [7, 11) is 0. The number of rotatable bonds is 2. The third-order valence-corrected chi connectivity index (χ3v) is 2.67. The summed E-state index contributed by atoms with van der Waals surface area (Å²) in [5.41, 5.74) is 2.10. The number of nitrogens with zero attached hydrogens (tertiary/aromatic N) is 2. The van der Waals surface area contributed by atoms with Crippen LogP contribution in [0.25, 0.3) is 10.9 Å². The van der Waals surface area contributed by atoms with E-state index in [4.69, 9.17) is 0 Å². The number of carbonyl (C=O) groups is 1. The molecule has 2 N–H and O–H groups in total. The van der Waals surface area contributed by atoms with Crippen molar-refractivity contribution in [2.75, 3.05) is 5.32 Å². The van der Waals surface area contributed by atoms with Crippen LogP contribution in [0.4, 0.5) is 5.69 Å². The van der Waals surface area contributed by atoms with Crippen LogP contribution in [0, 0.1) is 0 Å². The number of hydrogen-bond donors (Lipinski definition) is 2. The van der Waals surface area contributed by atoms with E-state index in [1.54, 1.807) is 30.7 Å². The first-order valence-corrected chi connectivity index (χ1v) is 5.48. The molecule has 3 aromatic rings. The standard InChI is InChI=1S/C13H10N4O/c18-13(9-4-6-14-7-5-9)16-11-3-1-2-10-8-15-17-12(10)11/h1-8H,(H,15,17)(H,16,18). The number of aromatic nitrogens is 3. The van der Waals surface area contributed by atoms with Gasteiger partial charge in [0.2, 0.25) is 0 Å². The summed E-state index contributed by atoms with van der Waals surface area (Å²) in [6.45, 7) is 0. The van der Waals surface area contributed by atoms with Crippen LogP contribution < -0.4 is 5.32 Å². The fourth-order valence-electron chi connectivity index (χ4n) is 1.77. The molecule has 0 spiro atoms. The number of nitrogens with one attached hydrogen (secondary N) is 2. The van der Waals surface area contributed by atoms with Gasteiger partial charge in [-0.1, -0.05) is 12.1 Å². The molecule has 18 heavy (non-hydrogen) atoms. The first kappa shape index (κ1) is 10.5. The van der Waals surface area contributed by atoms with E-state index >= 15 is 0 Å². The van der Waals surface area contributed by atoms with Gasteiger partial charge >= 0.3 is 0 Å². The summed E-state index contributed by atoms with van der Waals surface area (Å²) < 4.78 is 0. The van der Waals surface area contributed by atoms with Gasteiger partial charge in [0.1, 0.15) is 0 Å². The van der Waals surface area contributed by atoms with Gasteiger partial charge in [0.15, 0.2) is 0 Å². The minimum atomic E-state index is -0.167. The number of amides is 1. The van der Waals surface area contributed by atoms with E-state index in [0.717, 1.165) is 10.9 Å². The Morgan fingerprint density at radius 3 is 2.83 bits per heavy atom. The third kappa shape index (κ3) is 1.82. The zero-order chi connectivity index (χ0) is 12.4. The van der Waals surface area contributed by atoms with E-state index in [2.05, 4.69) is 20.5 Å². The van der Waals surface area contributed by atoms with Crippen LogP contribution in [0.2, 0.25) is 0 Å². The van der Waals surface area contributed by atoms with Crippen molar-refractivity contribution in [3.63, 3.8) is 0 Å². The van der Waals surface area contributed by atoms with E-state index < -0.39 is 0 Å². The van der Waals surface area contributed by atoms with Gasteiger partial charge in [-0.3, -0.25) is 14.9 Å². The molecular weight excluding hydrogens is 228 g/mol. The second-order valence-corrected chi connectivity index (χ2v) is 3.83. The highest BCUT2D eigenvalue weighted by Gasteiger charge is 2.08. The molecule has 0 radical (unpaired) electrons. The molecule has 5 heteroatoms. The number of anilines is 1. The number of H-pyrrole nitrogens is 1. The van der Waals surface area contributed by atoms with Crippen molar-refractivity contribution in [1.29, 1.82) is 0 Å². The lowest BCUT2D eigenvalue weighted by molar-refractivity contribution is 0.102. The fraction of sp³-hybridized carbons (Fsp3) is 0. The van der Waals surface area contributed by atoms with E-state index in [9.17, 15) is 4.79 Å². The molecule has 0 fully saturated rings. The number of aromatic amines is 1. The number of benzene rings is 1. The summed E-state index contributed by atoms with van der Waals surface area (Å²) in [4.78, 5) is 15.9. The molecule has 1 amide bonds. The Hall–Kier alpha value is -2.69. The molecule has 0 unspecified atom stereocenters. The summed E-state index contributed by atoms with van der Waals surface area (Å²) in [6.07, 6.45) is 4.90. The van der Waals surface area contributed by atoms with Gasteiger partial charge < -0.3 is 5.32 Å². The topological polar surface area (TPSA) is 70.7 Å². The second kappa shape index (κ2) is 4.29. The molecule has 2 heterocycles. The maximum absolute atomic E-state index is 12.0. The molecule has 0 aliphatic rings. The zero-order valence-electron chi connectivity index (χ0n) is 9.42. The van der Waals surface area contributed by atoms with Gasteiger partial charge in [0.25, 0.3) is 5.91 Å². The van der Waals surface area contributed by atoms with Crippen LogP contribution in [-0.2, 0) is 0 Å². The van der Waals surface area contributed by atoms with Crippen molar-refractivity contribution in [3.05, 3.63) is 54.5 Å². The van der Waals surface area contributed by atoms with Crippen LogP contribution in [0.15, 0.2) is 48.9 Å². The van der Waals surface area contributed by atoms with Crippen LogP contribution >= 0.6 is 0 Å². The molecule has 0 atom stereocenters. The molecule has 2 aromatic heterocycles. The quantitative estimate of drug-likeness (QED) is 0.719. The molecule has 88 valence electrons. The maximum atomic E-state index is 12.0. The van der Waals surface area contributed by atoms with Crippen LogP contribution in [0.3, 0.4) is 0 Å². The number of pyridine rings is 1. The lowest BCUT2D eigenvalue weighted by Gasteiger charge is -2.05. The van der Waals surface area contributed by atoms with Gasteiger partial charge in [0.05, 0.1) is 17.4 Å². The van der Waals surface area contributed by atoms with Crippen molar-refractivity contribution in [2.24, 2.45) is 0 Å². The Morgan fingerprint density at radius 1 is 1.17 bits per heavy atom. The van der Waals surface area contributed by atoms with Crippen molar-refractivity contribution < 1.29 is 4.79 Å². The van der Waals surface area contributed by atoms with E-state index in [-0.39, 0.29) is 5.91 Å².